The maximum atomic E-state index is 12.6. The number of nitrogens with one attached hydrogen (secondary N) is 2. The summed E-state index contributed by atoms with van der Waals surface area (Å²) in [4.78, 5) is 12.1. The van der Waals surface area contributed by atoms with Gasteiger partial charge in [-0.1, -0.05) is 36.4 Å². The monoisotopic (exact) mass is 431 g/mol. The molecule has 0 saturated carbocycles. The number of sulfonamides is 1. The summed E-state index contributed by atoms with van der Waals surface area (Å²) in [5, 5.41) is 9.91. The summed E-state index contributed by atoms with van der Waals surface area (Å²) in [5.74, 6) is 0. The summed E-state index contributed by atoms with van der Waals surface area (Å²) in [5.41, 5.74) is 3.14. The van der Waals surface area contributed by atoms with Gasteiger partial charge in [-0.25, -0.2) is 23.1 Å². The lowest BCUT2D eigenvalue weighted by molar-refractivity contribution is 0.478. The lowest BCUT2D eigenvalue weighted by Gasteiger charge is -2.15. The molecule has 0 spiro atoms. The van der Waals surface area contributed by atoms with Crippen LogP contribution in [0.15, 0.2) is 71.9 Å². The molecule has 1 aromatic carbocycles. The number of rotatable bonds is 6. The first kappa shape index (κ1) is 20.7. The molecule has 2 N–H and O–H groups in total. The zero-order chi connectivity index (χ0) is 22.1. The molecule has 4 aromatic rings. The highest BCUT2D eigenvalue weighted by atomic mass is 32.2. The van der Waals surface area contributed by atoms with E-state index >= 15 is 0 Å². The number of pyridine rings is 2. The second kappa shape index (κ2) is 7.95. The van der Waals surface area contributed by atoms with Crippen LogP contribution in [-0.2, 0) is 10.0 Å². The zero-order valence-corrected chi connectivity index (χ0v) is 17.9. The van der Waals surface area contributed by atoms with E-state index in [1.165, 1.54) is 6.07 Å². The van der Waals surface area contributed by atoms with Gasteiger partial charge in [0.05, 0.1) is 17.2 Å². The molecule has 0 atom stereocenters. The van der Waals surface area contributed by atoms with Crippen LogP contribution in [0.5, 0.6) is 0 Å². The Bertz CT molecular complexity index is 1390. The fourth-order valence-corrected chi connectivity index (χ4v) is 4.22. The van der Waals surface area contributed by atoms with Crippen LogP contribution < -0.4 is 4.72 Å². The molecular weight excluding hydrogens is 410 g/mol. The largest absolute Gasteiger partial charge is 0.339 e. The summed E-state index contributed by atoms with van der Waals surface area (Å²) in [6.07, 6.45) is 1.67. The standard InChI is InChI=1S/C23H21N5O2S/c1-23(2,14-24)15-26-31(29,30)21-10-6-9-19(27-21)18-11-17-12-20(28-22(17)25-13-18)16-7-4-3-5-8-16/h3-13,26H,15H2,1-2H3,(H,25,28). The summed E-state index contributed by atoms with van der Waals surface area (Å²) >= 11 is 0. The molecule has 0 amide bonds. The summed E-state index contributed by atoms with van der Waals surface area (Å²) in [6, 6.07) is 20.8. The van der Waals surface area contributed by atoms with E-state index in [0.717, 1.165) is 22.3 Å². The highest BCUT2D eigenvalue weighted by molar-refractivity contribution is 7.89. The summed E-state index contributed by atoms with van der Waals surface area (Å²) in [7, 11) is -3.85. The Morgan fingerprint density at radius 3 is 2.58 bits per heavy atom. The van der Waals surface area contributed by atoms with Crippen molar-refractivity contribution >= 4 is 21.1 Å². The van der Waals surface area contributed by atoms with Gasteiger partial charge < -0.3 is 4.98 Å². The average molecular weight is 432 g/mol. The number of nitriles is 1. The molecule has 0 aliphatic carbocycles. The Morgan fingerprint density at radius 1 is 1.06 bits per heavy atom. The van der Waals surface area contributed by atoms with Crippen LogP contribution in [0.3, 0.4) is 0 Å². The smallest absolute Gasteiger partial charge is 0.258 e. The second-order valence-corrected chi connectivity index (χ2v) is 9.61. The maximum Gasteiger partial charge on any atom is 0.258 e. The van der Waals surface area contributed by atoms with Crippen molar-refractivity contribution in [3.63, 3.8) is 0 Å². The molecule has 3 heterocycles. The molecule has 7 nitrogen and oxygen atoms in total. The topological polar surface area (TPSA) is 112 Å². The van der Waals surface area contributed by atoms with Crippen LogP contribution in [0.25, 0.3) is 33.5 Å². The van der Waals surface area contributed by atoms with E-state index in [1.54, 1.807) is 32.2 Å². The van der Waals surface area contributed by atoms with Crippen LogP contribution in [0.2, 0.25) is 0 Å². The first-order valence-corrected chi connectivity index (χ1v) is 11.2. The minimum absolute atomic E-state index is 0.00311. The van der Waals surface area contributed by atoms with Gasteiger partial charge in [-0.2, -0.15) is 5.26 Å². The van der Waals surface area contributed by atoms with Gasteiger partial charge in [0.1, 0.15) is 5.65 Å². The maximum absolute atomic E-state index is 12.6. The Kier molecular flexibility index (Phi) is 5.31. The van der Waals surface area contributed by atoms with E-state index < -0.39 is 15.4 Å². The normalized spacial score (nSPS) is 12.0. The van der Waals surface area contributed by atoms with Crippen molar-refractivity contribution in [3.8, 4) is 28.6 Å². The van der Waals surface area contributed by atoms with Crippen LogP contribution in [0.1, 0.15) is 13.8 Å². The van der Waals surface area contributed by atoms with E-state index in [9.17, 15) is 8.42 Å². The fourth-order valence-electron chi connectivity index (χ4n) is 3.04. The number of nitrogens with zero attached hydrogens (tertiary/aromatic N) is 3. The molecule has 0 fully saturated rings. The highest BCUT2D eigenvalue weighted by Gasteiger charge is 2.23. The Balaban J connectivity index is 1.65. The van der Waals surface area contributed by atoms with E-state index in [2.05, 4.69) is 25.7 Å². The number of aromatic nitrogens is 3. The fraction of sp³-hybridized carbons (Fsp3) is 0.174. The van der Waals surface area contributed by atoms with Gasteiger partial charge in [-0.05, 0) is 43.7 Å². The van der Waals surface area contributed by atoms with Gasteiger partial charge in [-0.15, -0.1) is 0 Å². The molecule has 0 aliphatic heterocycles. The average Bonchev–Trinajstić information content (AvgIpc) is 3.22. The third-order valence-electron chi connectivity index (χ3n) is 4.86. The molecular formula is C23H21N5O2S. The lowest BCUT2D eigenvalue weighted by atomic mass is 9.97. The van der Waals surface area contributed by atoms with Crippen molar-refractivity contribution in [2.75, 3.05) is 6.54 Å². The zero-order valence-electron chi connectivity index (χ0n) is 17.1. The van der Waals surface area contributed by atoms with Gasteiger partial charge in [0, 0.05) is 29.4 Å². The van der Waals surface area contributed by atoms with Gasteiger partial charge in [0.25, 0.3) is 10.0 Å². The Morgan fingerprint density at radius 2 is 1.84 bits per heavy atom. The van der Waals surface area contributed by atoms with Crippen LogP contribution in [-0.4, -0.2) is 29.9 Å². The predicted octanol–water partition coefficient (Wildman–Crippen LogP) is 4.12. The number of hydrogen-bond acceptors (Lipinski definition) is 5. The minimum Gasteiger partial charge on any atom is -0.339 e. The summed E-state index contributed by atoms with van der Waals surface area (Å²) < 4.78 is 27.8. The van der Waals surface area contributed by atoms with Crippen LogP contribution >= 0.6 is 0 Å². The molecule has 156 valence electrons. The number of hydrogen-bond donors (Lipinski definition) is 2. The van der Waals surface area contributed by atoms with E-state index in [-0.39, 0.29) is 11.6 Å². The third-order valence-corrected chi connectivity index (χ3v) is 6.16. The second-order valence-electron chi connectivity index (χ2n) is 7.89. The first-order valence-electron chi connectivity index (χ1n) is 9.70. The van der Waals surface area contributed by atoms with E-state index in [4.69, 9.17) is 5.26 Å². The molecule has 0 bridgehead atoms. The number of benzene rings is 1. The van der Waals surface area contributed by atoms with Crippen molar-refractivity contribution in [3.05, 3.63) is 66.9 Å². The first-order chi connectivity index (χ1) is 14.8. The lowest BCUT2D eigenvalue weighted by Crippen LogP contribution is -2.33. The molecule has 0 radical (unpaired) electrons. The number of H-pyrrole nitrogens is 1. The van der Waals surface area contributed by atoms with Gasteiger partial charge in [-0.3, -0.25) is 0 Å². The third kappa shape index (κ3) is 4.48. The van der Waals surface area contributed by atoms with Gasteiger partial charge in [0.2, 0.25) is 0 Å². The van der Waals surface area contributed by atoms with E-state index in [0.29, 0.717) is 11.3 Å². The number of fused-ring (bicyclic) bond motifs is 1. The van der Waals surface area contributed by atoms with Crippen molar-refractivity contribution in [1.82, 2.24) is 19.7 Å². The summed E-state index contributed by atoms with van der Waals surface area (Å²) in [6.45, 7) is 3.33. The number of aromatic amines is 1. The molecule has 31 heavy (non-hydrogen) atoms. The molecule has 0 saturated heterocycles. The highest BCUT2D eigenvalue weighted by Crippen LogP contribution is 2.27. The molecule has 8 heteroatoms. The van der Waals surface area contributed by atoms with Crippen molar-refractivity contribution in [1.29, 1.82) is 5.26 Å². The van der Waals surface area contributed by atoms with Crippen molar-refractivity contribution in [2.24, 2.45) is 5.41 Å². The minimum atomic E-state index is -3.85. The quantitative estimate of drug-likeness (QED) is 0.477. The van der Waals surface area contributed by atoms with E-state index in [1.807, 2.05) is 42.5 Å². The van der Waals surface area contributed by atoms with Gasteiger partial charge in [0.15, 0.2) is 5.03 Å². The molecule has 3 aromatic heterocycles. The van der Waals surface area contributed by atoms with Crippen LogP contribution in [0, 0.1) is 16.7 Å². The van der Waals surface area contributed by atoms with Crippen molar-refractivity contribution < 1.29 is 8.42 Å². The Labute approximate surface area is 180 Å². The predicted molar refractivity (Wildman–Crippen MR) is 119 cm³/mol. The van der Waals surface area contributed by atoms with Crippen molar-refractivity contribution in [2.45, 2.75) is 18.9 Å². The molecule has 0 unspecified atom stereocenters. The molecule has 4 rings (SSSR count). The molecule has 0 aliphatic rings. The Hall–Kier alpha value is -3.54. The SMILES string of the molecule is CC(C)(C#N)CNS(=O)(=O)c1cccc(-c2cnc3[nH]c(-c4ccccc4)cc3c2)n1. The van der Waals surface area contributed by atoms with Gasteiger partial charge >= 0.3 is 0 Å². The van der Waals surface area contributed by atoms with Crippen LogP contribution in [0.4, 0.5) is 0 Å².